The van der Waals surface area contributed by atoms with Crippen LogP contribution in [0.5, 0.6) is 0 Å². The highest BCUT2D eigenvalue weighted by Gasteiger charge is 2.22. The van der Waals surface area contributed by atoms with Gasteiger partial charge in [0.25, 0.3) is 5.91 Å². The fourth-order valence-corrected chi connectivity index (χ4v) is 3.78. The summed E-state index contributed by atoms with van der Waals surface area (Å²) in [6.45, 7) is 1.99. The molecule has 146 valence electrons. The number of hydrogen-bond acceptors (Lipinski definition) is 6. The number of methoxy groups -OCH3 is 1. The van der Waals surface area contributed by atoms with Crippen molar-refractivity contribution in [2.45, 2.75) is 19.6 Å². The average molecular weight is 398 g/mol. The van der Waals surface area contributed by atoms with E-state index in [0.717, 1.165) is 20.8 Å². The number of esters is 1. The molecule has 6 nitrogen and oxygen atoms in total. The maximum atomic E-state index is 12.5. The molecular weight excluding hydrogens is 376 g/mol. The van der Waals surface area contributed by atoms with Gasteiger partial charge in [-0.1, -0.05) is 24.3 Å². The number of hydrogen-bond donors (Lipinski definition) is 0. The number of thiazole rings is 1. The first-order chi connectivity index (χ1) is 13.5. The molecule has 0 bridgehead atoms. The molecule has 0 saturated carbocycles. The van der Waals surface area contributed by atoms with Gasteiger partial charge in [0.15, 0.2) is 6.61 Å². The lowest BCUT2D eigenvalue weighted by molar-refractivity contribution is -0.135. The zero-order valence-corrected chi connectivity index (χ0v) is 16.9. The molecule has 0 N–H and O–H groups in total. The number of likely N-dealkylation sites (N-methyl/N-ethyl adjacent to an activating group) is 1. The van der Waals surface area contributed by atoms with E-state index in [1.807, 2.05) is 37.3 Å². The van der Waals surface area contributed by atoms with E-state index in [9.17, 15) is 9.59 Å². The van der Waals surface area contributed by atoms with Gasteiger partial charge in [-0.3, -0.25) is 4.79 Å². The molecule has 1 amide bonds. The van der Waals surface area contributed by atoms with Crippen molar-refractivity contribution in [3.63, 3.8) is 0 Å². The third-order valence-electron chi connectivity index (χ3n) is 4.44. The van der Waals surface area contributed by atoms with Crippen molar-refractivity contribution in [1.29, 1.82) is 0 Å². The van der Waals surface area contributed by atoms with Crippen LogP contribution in [0.1, 0.15) is 33.9 Å². The Labute approximate surface area is 167 Å². The molecule has 1 atom stereocenters. The van der Waals surface area contributed by atoms with E-state index in [4.69, 9.17) is 9.47 Å². The summed E-state index contributed by atoms with van der Waals surface area (Å²) >= 11 is 1.55. The van der Waals surface area contributed by atoms with Crippen LogP contribution in [-0.2, 0) is 20.9 Å². The maximum Gasteiger partial charge on any atom is 0.338 e. The minimum absolute atomic E-state index is 0.214. The molecule has 3 aromatic rings. The predicted molar refractivity (Wildman–Crippen MR) is 108 cm³/mol. The first kappa shape index (κ1) is 20.0. The summed E-state index contributed by atoms with van der Waals surface area (Å²) in [6, 6.07) is 14.6. The van der Waals surface area contributed by atoms with Gasteiger partial charge in [-0.15, -0.1) is 11.3 Å². The average Bonchev–Trinajstić information content (AvgIpc) is 3.15. The van der Waals surface area contributed by atoms with Gasteiger partial charge >= 0.3 is 5.97 Å². The molecule has 3 rings (SSSR count). The van der Waals surface area contributed by atoms with E-state index in [1.165, 1.54) is 0 Å². The molecule has 0 aliphatic rings. The lowest BCUT2D eigenvalue weighted by atomic mass is 10.1. The minimum Gasteiger partial charge on any atom is -0.452 e. The van der Waals surface area contributed by atoms with Crippen molar-refractivity contribution in [2.75, 3.05) is 20.8 Å². The summed E-state index contributed by atoms with van der Waals surface area (Å²) in [4.78, 5) is 30.9. The molecule has 1 aromatic heterocycles. The number of para-hydroxylation sites is 1. The van der Waals surface area contributed by atoms with E-state index >= 15 is 0 Å². The van der Waals surface area contributed by atoms with E-state index in [-0.39, 0.29) is 18.6 Å². The number of ether oxygens (including phenoxy) is 2. The lowest BCUT2D eigenvalue weighted by Crippen LogP contribution is -2.33. The summed E-state index contributed by atoms with van der Waals surface area (Å²) in [5.74, 6) is -0.819. The summed E-state index contributed by atoms with van der Waals surface area (Å²) in [7, 11) is 3.28. The molecule has 0 radical (unpaired) electrons. The van der Waals surface area contributed by atoms with Crippen LogP contribution in [0.2, 0.25) is 0 Å². The van der Waals surface area contributed by atoms with Crippen molar-refractivity contribution in [1.82, 2.24) is 9.88 Å². The molecule has 0 saturated heterocycles. The predicted octanol–water partition coefficient (Wildman–Crippen LogP) is 3.82. The van der Waals surface area contributed by atoms with Crippen LogP contribution in [0.3, 0.4) is 0 Å². The monoisotopic (exact) mass is 398 g/mol. The molecule has 28 heavy (non-hydrogen) atoms. The van der Waals surface area contributed by atoms with Gasteiger partial charge in [0, 0.05) is 14.2 Å². The smallest absolute Gasteiger partial charge is 0.338 e. The molecule has 0 fully saturated rings. The highest BCUT2D eigenvalue weighted by Crippen LogP contribution is 2.28. The number of nitrogens with zero attached hydrogens (tertiary/aromatic N) is 2. The molecule has 0 aliphatic heterocycles. The van der Waals surface area contributed by atoms with Crippen LogP contribution in [0, 0.1) is 0 Å². The fraction of sp³-hybridized carbons (Fsp3) is 0.286. The van der Waals surface area contributed by atoms with E-state index in [1.54, 1.807) is 48.6 Å². The Hall–Kier alpha value is -2.77. The minimum atomic E-state index is -0.535. The van der Waals surface area contributed by atoms with Crippen molar-refractivity contribution in [3.8, 4) is 0 Å². The lowest BCUT2D eigenvalue weighted by Gasteiger charge is -2.23. The van der Waals surface area contributed by atoms with Crippen molar-refractivity contribution in [2.24, 2.45) is 0 Å². The molecule has 0 aliphatic carbocycles. The number of aromatic nitrogens is 1. The van der Waals surface area contributed by atoms with Crippen molar-refractivity contribution in [3.05, 3.63) is 64.7 Å². The second-order valence-corrected chi connectivity index (χ2v) is 7.47. The molecule has 2 aromatic carbocycles. The molecular formula is C21H22N2O4S. The third kappa shape index (κ3) is 4.55. The van der Waals surface area contributed by atoms with Crippen molar-refractivity contribution >= 4 is 33.4 Å². The van der Waals surface area contributed by atoms with Crippen LogP contribution in [0.4, 0.5) is 0 Å². The Morgan fingerprint density at radius 3 is 2.71 bits per heavy atom. The fourth-order valence-electron chi connectivity index (χ4n) is 2.72. The van der Waals surface area contributed by atoms with Crippen LogP contribution in [0.25, 0.3) is 10.2 Å². The van der Waals surface area contributed by atoms with Crippen LogP contribution in [-0.4, -0.2) is 42.5 Å². The van der Waals surface area contributed by atoms with Crippen LogP contribution in [0.15, 0.2) is 48.5 Å². The van der Waals surface area contributed by atoms with E-state index in [2.05, 4.69) is 4.98 Å². The zero-order chi connectivity index (χ0) is 20.1. The topological polar surface area (TPSA) is 68.7 Å². The summed E-state index contributed by atoms with van der Waals surface area (Å²) < 4.78 is 11.3. The first-order valence-corrected chi connectivity index (χ1v) is 9.67. The SMILES string of the molecule is COCc1cccc(C(=O)OCC(=O)N(C)[C@H](C)c2nc3ccccc3s2)c1. The second kappa shape index (κ2) is 8.95. The molecule has 0 spiro atoms. The Balaban J connectivity index is 1.60. The summed E-state index contributed by atoms with van der Waals surface area (Å²) in [5.41, 5.74) is 2.17. The van der Waals surface area contributed by atoms with Crippen LogP contribution >= 0.6 is 11.3 Å². The molecule has 0 unspecified atom stereocenters. The Morgan fingerprint density at radius 1 is 1.18 bits per heavy atom. The van der Waals surface area contributed by atoms with Gasteiger partial charge in [0.05, 0.1) is 28.4 Å². The quantitative estimate of drug-likeness (QED) is 0.566. The van der Waals surface area contributed by atoms with Gasteiger partial charge in [0.1, 0.15) is 5.01 Å². The van der Waals surface area contributed by atoms with Gasteiger partial charge < -0.3 is 14.4 Å². The number of fused-ring (bicyclic) bond motifs is 1. The standard InChI is InChI=1S/C21H22N2O4S/c1-14(20-22-17-9-4-5-10-18(17)28-20)23(2)19(24)13-27-21(25)16-8-6-7-15(11-16)12-26-3/h4-11,14H,12-13H2,1-3H3/t14-/m1/s1. The zero-order valence-electron chi connectivity index (χ0n) is 16.0. The van der Waals surface area contributed by atoms with Gasteiger partial charge in [-0.05, 0) is 36.8 Å². The number of carbonyl (C=O) groups excluding carboxylic acids is 2. The Bertz CT molecular complexity index is 952. The normalized spacial score (nSPS) is 12.0. The van der Waals surface area contributed by atoms with Gasteiger partial charge in [-0.25, -0.2) is 9.78 Å². The third-order valence-corrected chi connectivity index (χ3v) is 5.65. The molecule has 7 heteroatoms. The second-order valence-electron chi connectivity index (χ2n) is 6.41. The number of carbonyl (C=O) groups is 2. The number of rotatable bonds is 7. The number of benzene rings is 2. The Kier molecular flexibility index (Phi) is 6.38. The van der Waals surface area contributed by atoms with Crippen molar-refractivity contribution < 1.29 is 19.1 Å². The maximum absolute atomic E-state index is 12.5. The summed E-state index contributed by atoms with van der Waals surface area (Å²) in [5, 5.41) is 0.843. The highest BCUT2D eigenvalue weighted by atomic mass is 32.1. The molecule has 1 heterocycles. The number of amides is 1. The van der Waals surface area contributed by atoms with Gasteiger partial charge in [0.2, 0.25) is 0 Å². The largest absolute Gasteiger partial charge is 0.452 e. The van der Waals surface area contributed by atoms with Crippen LogP contribution < -0.4 is 0 Å². The summed E-state index contributed by atoms with van der Waals surface area (Å²) in [6.07, 6.45) is 0. The van der Waals surface area contributed by atoms with E-state index < -0.39 is 5.97 Å². The first-order valence-electron chi connectivity index (χ1n) is 8.85. The highest BCUT2D eigenvalue weighted by molar-refractivity contribution is 7.18. The Morgan fingerprint density at radius 2 is 1.96 bits per heavy atom. The van der Waals surface area contributed by atoms with Gasteiger partial charge in [-0.2, -0.15) is 0 Å². The van der Waals surface area contributed by atoms with E-state index in [0.29, 0.717) is 12.2 Å².